The van der Waals surface area contributed by atoms with Crippen LogP contribution in [0.4, 0.5) is 0 Å². The summed E-state index contributed by atoms with van der Waals surface area (Å²) in [4.78, 5) is 27.6. The molecule has 0 unspecified atom stereocenters. The fourth-order valence-corrected chi connectivity index (χ4v) is 4.77. The molecule has 1 amide bonds. The summed E-state index contributed by atoms with van der Waals surface area (Å²) in [6, 6.07) is 37.4. The van der Waals surface area contributed by atoms with Crippen molar-refractivity contribution in [2.24, 2.45) is 5.92 Å². The molecule has 1 heterocycles. The molecule has 0 radical (unpaired) electrons. The van der Waals surface area contributed by atoms with Crippen LogP contribution < -0.4 is 10.1 Å². The Balaban J connectivity index is 1.26. The van der Waals surface area contributed by atoms with Crippen LogP contribution in [0.25, 0.3) is 11.1 Å². The van der Waals surface area contributed by atoms with Crippen LogP contribution in [0.1, 0.15) is 40.7 Å². The Morgan fingerprint density at radius 1 is 0.786 bits per heavy atom. The number of hydrogen-bond donors (Lipinski definition) is 2. The summed E-state index contributed by atoms with van der Waals surface area (Å²) in [5.41, 5.74) is 5.25. The van der Waals surface area contributed by atoms with Crippen molar-refractivity contribution in [1.82, 2.24) is 20.7 Å². The monoisotopic (exact) mass is 560 g/mol. The molecule has 0 aliphatic heterocycles. The van der Waals surface area contributed by atoms with Crippen LogP contribution in [-0.4, -0.2) is 33.3 Å². The molecule has 0 saturated heterocycles. The first-order chi connectivity index (χ1) is 20.5. The molecule has 2 N–H and O–H groups in total. The van der Waals surface area contributed by atoms with E-state index >= 15 is 0 Å². The number of benzene rings is 4. The van der Waals surface area contributed by atoms with Gasteiger partial charge >= 0.3 is 17.7 Å². The van der Waals surface area contributed by atoms with E-state index in [2.05, 4.69) is 57.1 Å². The second kappa shape index (κ2) is 14.0. The number of aromatic nitrogens is 4. The second-order valence-electron chi connectivity index (χ2n) is 10.3. The van der Waals surface area contributed by atoms with Crippen molar-refractivity contribution in [2.75, 3.05) is 0 Å². The Hall–Kier alpha value is -5.11. The Morgan fingerprint density at radius 2 is 1.38 bits per heavy atom. The zero-order chi connectivity index (χ0) is 29.1. The van der Waals surface area contributed by atoms with Crippen molar-refractivity contribution in [3.8, 4) is 11.1 Å². The third kappa shape index (κ3) is 7.97. The van der Waals surface area contributed by atoms with Gasteiger partial charge in [-0.2, -0.15) is 0 Å². The van der Waals surface area contributed by atoms with E-state index in [0.29, 0.717) is 19.4 Å². The quantitative estimate of drug-likeness (QED) is 0.167. The van der Waals surface area contributed by atoms with E-state index in [0.717, 1.165) is 27.8 Å². The molecule has 0 bridgehead atoms. The summed E-state index contributed by atoms with van der Waals surface area (Å²) in [5.74, 6) is -1.11. The lowest BCUT2D eigenvalue weighted by atomic mass is 9.95. The van der Waals surface area contributed by atoms with E-state index in [1.807, 2.05) is 85.8 Å². The van der Waals surface area contributed by atoms with Crippen LogP contribution in [-0.2, 0) is 29.1 Å². The average Bonchev–Trinajstić information content (AvgIpc) is 3.50. The van der Waals surface area contributed by atoms with Crippen molar-refractivity contribution >= 4 is 11.9 Å². The molecule has 2 atom stereocenters. The molecule has 0 spiro atoms. The van der Waals surface area contributed by atoms with Gasteiger partial charge in [-0.1, -0.05) is 127 Å². The van der Waals surface area contributed by atoms with Crippen molar-refractivity contribution in [3.05, 3.63) is 138 Å². The number of nitrogens with one attached hydrogen (secondary N) is 2. The summed E-state index contributed by atoms with van der Waals surface area (Å²) in [6.45, 7) is 2.49. The smallest absolute Gasteiger partial charge is 0.395 e. The zero-order valence-electron chi connectivity index (χ0n) is 23.5. The van der Waals surface area contributed by atoms with Crippen LogP contribution in [0.15, 0.2) is 115 Å². The van der Waals surface area contributed by atoms with E-state index < -0.39 is 11.8 Å². The predicted molar refractivity (Wildman–Crippen MR) is 159 cm³/mol. The lowest BCUT2D eigenvalue weighted by molar-refractivity contribution is -0.798. The van der Waals surface area contributed by atoms with Crippen LogP contribution in [0, 0.1) is 5.92 Å². The highest BCUT2D eigenvalue weighted by Gasteiger charge is 2.27. The highest BCUT2D eigenvalue weighted by molar-refractivity contribution is 5.90. The lowest BCUT2D eigenvalue weighted by Gasteiger charge is -2.21. The summed E-state index contributed by atoms with van der Waals surface area (Å²) in [6.07, 6.45) is 0.930. The number of hydrogen-bond acceptors (Lipinski definition) is 5. The number of esters is 1. The molecule has 42 heavy (non-hydrogen) atoms. The van der Waals surface area contributed by atoms with Gasteiger partial charge in [-0.15, -0.1) is 0 Å². The first kappa shape index (κ1) is 28.4. The highest BCUT2D eigenvalue weighted by atomic mass is 16.5. The van der Waals surface area contributed by atoms with Gasteiger partial charge in [0.05, 0.1) is 11.0 Å². The van der Waals surface area contributed by atoms with E-state index in [-0.39, 0.29) is 24.4 Å². The number of aromatic amines is 1. The standard InChI is InChI=1S/C34H33N5O3/c1-25(34(41)42-24-28-13-7-3-8-14-28)21-31(22-26-17-19-30(20-18-26)29-15-9-4-10-16-29)35-33(40)32-36-38-39(37-32)23-27-11-5-2-6-12-27/h2-20,25,31H,21-24H2,1H3,(H,35,40)/p+1/t25-,31+/m1/s1. The number of nitrogens with zero attached hydrogens (tertiary/aromatic N) is 3. The van der Waals surface area contributed by atoms with Gasteiger partial charge in [0, 0.05) is 6.04 Å². The molecule has 0 aliphatic carbocycles. The van der Waals surface area contributed by atoms with Crippen molar-refractivity contribution < 1.29 is 19.1 Å². The maximum Gasteiger partial charge on any atom is 0.395 e. The molecule has 8 heteroatoms. The van der Waals surface area contributed by atoms with Crippen LogP contribution >= 0.6 is 0 Å². The fraction of sp³-hybridized carbons (Fsp3) is 0.206. The molecule has 5 aromatic rings. The number of carbonyl (C=O) groups is 2. The summed E-state index contributed by atoms with van der Waals surface area (Å²) >= 11 is 0. The highest BCUT2D eigenvalue weighted by Crippen LogP contribution is 2.21. The van der Waals surface area contributed by atoms with Crippen molar-refractivity contribution in [1.29, 1.82) is 0 Å². The summed E-state index contributed by atoms with van der Waals surface area (Å²) in [5, 5.41) is 14.3. The van der Waals surface area contributed by atoms with Gasteiger partial charge in [0.25, 0.3) is 0 Å². The van der Waals surface area contributed by atoms with Gasteiger partial charge < -0.3 is 10.1 Å². The molecule has 0 fully saturated rings. The Morgan fingerprint density at radius 3 is 2.05 bits per heavy atom. The van der Waals surface area contributed by atoms with E-state index in [9.17, 15) is 9.59 Å². The molecule has 5 rings (SSSR count). The van der Waals surface area contributed by atoms with Gasteiger partial charge in [-0.05, 0) is 51.0 Å². The maximum absolute atomic E-state index is 13.2. The van der Waals surface area contributed by atoms with Gasteiger partial charge in [-0.3, -0.25) is 9.59 Å². The van der Waals surface area contributed by atoms with Crippen molar-refractivity contribution in [2.45, 2.75) is 39.0 Å². The third-order valence-electron chi connectivity index (χ3n) is 7.01. The molecule has 1 aromatic heterocycles. The van der Waals surface area contributed by atoms with Crippen molar-refractivity contribution in [3.63, 3.8) is 0 Å². The fourth-order valence-electron chi connectivity index (χ4n) is 4.77. The van der Waals surface area contributed by atoms with E-state index in [4.69, 9.17) is 4.74 Å². The minimum absolute atomic E-state index is 0.0367. The van der Waals surface area contributed by atoms with E-state index in [1.54, 1.807) is 0 Å². The molecular weight excluding hydrogens is 526 g/mol. The van der Waals surface area contributed by atoms with Gasteiger partial charge in [0.1, 0.15) is 6.61 Å². The van der Waals surface area contributed by atoms with Gasteiger partial charge in [0.2, 0.25) is 0 Å². The second-order valence-corrected chi connectivity index (χ2v) is 10.3. The topological polar surface area (TPSA) is 101 Å². The number of ether oxygens (including phenoxy) is 1. The van der Waals surface area contributed by atoms with Gasteiger partial charge in [-0.25, -0.2) is 0 Å². The molecule has 0 saturated carbocycles. The Kier molecular flexibility index (Phi) is 9.46. The predicted octanol–water partition coefficient (Wildman–Crippen LogP) is 4.92. The Labute approximate surface area is 245 Å². The minimum Gasteiger partial charge on any atom is -0.461 e. The summed E-state index contributed by atoms with van der Waals surface area (Å²) in [7, 11) is 0. The molecular formula is C34H34N5O3+. The third-order valence-corrected chi connectivity index (χ3v) is 7.01. The minimum atomic E-state index is -0.433. The number of H-pyrrole nitrogens is 1. The zero-order valence-corrected chi connectivity index (χ0v) is 23.5. The number of rotatable bonds is 12. The first-order valence-electron chi connectivity index (χ1n) is 14.1. The Bertz CT molecular complexity index is 1570. The molecule has 212 valence electrons. The molecule has 4 aromatic carbocycles. The van der Waals surface area contributed by atoms with Crippen LogP contribution in [0.3, 0.4) is 0 Å². The molecule has 0 aliphatic rings. The lowest BCUT2D eigenvalue weighted by Crippen LogP contribution is -2.42. The maximum atomic E-state index is 13.2. The average molecular weight is 561 g/mol. The number of amides is 1. The van der Waals surface area contributed by atoms with E-state index in [1.165, 1.54) is 4.80 Å². The van der Waals surface area contributed by atoms with Gasteiger partial charge in [0.15, 0.2) is 6.54 Å². The number of carbonyl (C=O) groups excluding carboxylic acids is 2. The molecule has 8 nitrogen and oxygen atoms in total. The van der Waals surface area contributed by atoms with Crippen LogP contribution in [0.5, 0.6) is 0 Å². The summed E-state index contributed by atoms with van der Waals surface area (Å²) < 4.78 is 5.57. The SMILES string of the molecule is C[C@H](C[C@@H](Cc1ccc(-c2ccccc2)cc1)NC(=O)c1n[nH][n+](Cc2ccccc2)n1)C(=O)OCc1ccccc1. The van der Waals surface area contributed by atoms with Crippen LogP contribution in [0.2, 0.25) is 0 Å². The number of tetrazole rings is 1. The first-order valence-corrected chi connectivity index (χ1v) is 14.1. The normalized spacial score (nSPS) is 12.3. The largest absolute Gasteiger partial charge is 0.461 e.